The molecular formula is C17H18Cl2N2O3. The van der Waals surface area contributed by atoms with Gasteiger partial charge in [0.1, 0.15) is 0 Å². The molecule has 24 heavy (non-hydrogen) atoms. The monoisotopic (exact) mass is 368 g/mol. The van der Waals surface area contributed by atoms with Crippen molar-refractivity contribution in [3.8, 4) is 0 Å². The van der Waals surface area contributed by atoms with Crippen molar-refractivity contribution in [3.63, 3.8) is 0 Å². The number of hydrogen-bond donors (Lipinski definition) is 3. The van der Waals surface area contributed by atoms with E-state index in [4.69, 9.17) is 0 Å². The number of carboxylic acids is 1. The normalized spacial score (nSPS) is 17.7. The number of carboxylic acid groups (broad SMARTS) is 1. The lowest BCUT2D eigenvalue weighted by Crippen LogP contribution is -2.25. The number of halogens is 2. The van der Waals surface area contributed by atoms with E-state index >= 15 is 0 Å². The number of carbonyl (C=O) groups excluding carboxylic acids is 1. The molecule has 3 aliphatic rings. The maximum atomic E-state index is 11.6. The predicted octanol–water partition coefficient (Wildman–Crippen LogP) is 2.69. The average Bonchev–Trinajstić information content (AvgIpc) is 2.75. The molecule has 0 spiro atoms. The van der Waals surface area contributed by atoms with Crippen LogP contribution in [-0.4, -0.2) is 23.5 Å². The topological polar surface area (TPSA) is 78.4 Å². The first kappa shape index (κ1) is 18.4. The van der Waals surface area contributed by atoms with Crippen molar-refractivity contribution in [1.29, 1.82) is 0 Å². The number of aliphatic carboxylic acids is 1. The highest BCUT2D eigenvalue weighted by atomic mass is 35.5. The van der Waals surface area contributed by atoms with Gasteiger partial charge in [-0.3, -0.25) is 4.79 Å². The summed E-state index contributed by atoms with van der Waals surface area (Å²) in [6.07, 6.45) is 5.00. The standard InChI is InChI=1S/C17H16N2O3.2ClH/c20-15-7-11-5-13-9(6-14(11)19-15)2-1-3-10-4-12(17(21)22)8-18-16(10)13;;/h4-6,18H,1-3,7-8H2,(H,19,20)(H,21,22);2*1H. The first-order chi connectivity index (χ1) is 10.6. The number of rotatable bonds is 1. The van der Waals surface area contributed by atoms with Crippen LogP contribution in [0.15, 0.2) is 29.4 Å². The summed E-state index contributed by atoms with van der Waals surface area (Å²) in [6, 6.07) is 4.15. The van der Waals surface area contributed by atoms with Gasteiger partial charge in [-0.15, -0.1) is 24.8 Å². The predicted molar refractivity (Wildman–Crippen MR) is 96.9 cm³/mol. The molecule has 128 valence electrons. The maximum Gasteiger partial charge on any atom is 0.333 e. The molecule has 0 atom stereocenters. The van der Waals surface area contributed by atoms with E-state index < -0.39 is 5.97 Å². The van der Waals surface area contributed by atoms with Gasteiger partial charge in [-0.25, -0.2) is 4.79 Å². The van der Waals surface area contributed by atoms with Crippen LogP contribution in [-0.2, 0) is 22.4 Å². The summed E-state index contributed by atoms with van der Waals surface area (Å²) in [5.74, 6) is -0.832. The van der Waals surface area contributed by atoms with Crippen molar-refractivity contribution in [3.05, 3.63) is 46.0 Å². The van der Waals surface area contributed by atoms with E-state index in [0.29, 0.717) is 18.5 Å². The average molecular weight is 369 g/mol. The van der Waals surface area contributed by atoms with E-state index in [1.54, 1.807) is 6.08 Å². The van der Waals surface area contributed by atoms with Gasteiger partial charge in [-0.05, 0) is 54.2 Å². The van der Waals surface area contributed by atoms with Crippen molar-refractivity contribution in [2.45, 2.75) is 25.7 Å². The molecule has 0 radical (unpaired) electrons. The van der Waals surface area contributed by atoms with Crippen LogP contribution < -0.4 is 10.6 Å². The van der Waals surface area contributed by atoms with Gasteiger partial charge in [0.2, 0.25) is 5.91 Å². The molecule has 2 aliphatic heterocycles. The zero-order chi connectivity index (χ0) is 15.3. The summed E-state index contributed by atoms with van der Waals surface area (Å²) >= 11 is 0. The van der Waals surface area contributed by atoms with Crippen molar-refractivity contribution < 1.29 is 14.7 Å². The molecule has 5 nitrogen and oxygen atoms in total. The number of nitrogens with one attached hydrogen (secondary N) is 2. The minimum Gasteiger partial charge on any atom is -0.478 e. The molecule has 0 saturated carbocycles. The molecule has 0 bridgehead atoms. The Labute approximate surface area is 152 Å². The van der Waals surface area contributed by atoms with E-state index in [1.807, 2.05) is 0 Å². The van der Waals surface area contributed by atoms with Gasteiger partial charge >= 0.3 is 5.97 Å². The number of carbonyl (C=O) groups is 2. The molecule has 0 fully saturated rings. The molecule has 3 N–H and O–H groups in total. The van der Waals surface area contributed by atoms with E-state index in [9.17, 15) is 14.7 Å². The summed E-state index contributed by atoms with van der Waals surface area (Å²) in [7, 11) is 0. The van der Waals surface area contributed by atoms with E-state index in [0.717, 1.165) is 47.3 Å². The van der Waals surface area contributed by atoms with E-state index in [1.165, 1.54) is 5.56 Å². The molecular weight excluding hydrogens is 351 g/mol. The second-order valence-corrected chi connectivity index (χ2v) is 5.97. The fourth-order valence-electron chi connectivity index (χ4n) is 3.46. The fourth-order valence-corrected chi connectivity index (χ4v) is 3.46. The summed E-state index contributed by atoms with van der Waals surface area (Å²) in [6.45, 7) is 0.335. The molecule has 1 aliphatic carbocycles. The zero-order valence-electron chi connectivity index (χ0n) is 12.8. The summed E-state index contributed by atoms with van der Waals surface area (Å²) in [4.78, 5) is 22.7. The molecule has 0 aromatic heterocycles. The van der Waals surface area contributed by atoms with Crippen molar-refractivity contribution >= 4 is 48.1 Å². The SMILES string of the molecule is Cl.Cl.O=C1Cc2cc3c(cc2N1)CCCC1=C3NCC(C(=O)O)=C1. The van der Waals surface area contributed by atoms with Crippen LogP contribution in [0.2, 0.25) is 0 Å². The number of amides is 1. The lowest BCUT2D eigenvalue weighted by atomic mass is 9.95. The van der Waals surface area contributed by atoms with Crippen LogP contribution in [0.25, 0.3) is 5.70 Å². The van der Waals surface area contributed by atoms with Crippen LogP contribution in [0.5, 0.6) is 0 Å². The highest BCUT2D eigenvalue weighted by Gasteiger charge is 2.26. The number of benzene rings is 1. The summed E-state index contributed by atoms with van der Waals surface area (Å²) < 4.78 is 0. The number of aryl methyl sites for hydroxylation is 1. The lowest BCUT2D eigenvalue weighted by molar-refractivity contribution is -0.132. The third-order valence-electron chi connectivity index (χ3n) is 4.52. The van der Waals surface area contributed by atoms with Gasteiger partial charge in [0.25, 0.3) is 0 Å². The molecule has 7 heteroatoms. The molecule has 1 aromatic carbocycles. The van der Waals surface area contributed by atoms with Crippen LogP contribution in [0, 0.1) is 0 Å². The molecule has 4 rings (SSSR count). The van der Waals surface area contributed by atoms with Crippen molar-refractivity contribution in [2.24, 2.45) is 0 Å². The van der Waals surface area contributed by atoms with Crippen molar-refractivity contribution in [1.82, 2.24) is 5.32 Å². The number of fused-ring (bicyclic) bond motifs is 3. The smallest absolute Gasteiger partial charge is 0.333 e. The third-order valence-corrected chi connectivity index (χ3v) is 4.52. The number of dihydropyridines is 1. The minimum atomic E-state index is -0.868. The first-order valence-corrected chi connectivity index (χ1v) is 7.49. The number of anilines is 1. The van der Waals surface area contributed by atoms with Crippen LogP contribution >= 0.6 is 24.8 Å². The summed E-state index contributed by atoms with van der Waals surface area (Å²) in [5, 5.41) is 15.3. The molecule has 0 saturated heterocycles. The number of hydrogen-bond acceptors (Lipinski definition) is 3. The Hall–Kier alpha value is -1.98. The first-order valence-electron chi connectivity index (χ1n) is 7.49. The molecule has 1 aromatic rings. The second-order valence-electron chi connectivity index (χ2n) is 5.97. The Kier molecular flexibility index (Phi) is 5.26. The van der Waals surface area contributed by atoms with E-state index in [2.05, 4.69) is 22.8 Å². The van der Waals surface area contributed by atoms with E-state index in [-0.39, 0.29) is 30.7 Å². The Morgan fingerprint density at radius 1 is 1.12 bits per heavy atom. The Morgan fingerprint density at radius 2 is 1.92 bits per heavy atom. The van der Waals surface area contributed by atoms with Gasteiger partial charge in [0.15, 0.2) is 0 Å². The van der Waals surface area contributed by atoms with Crippen molar-refractivity contribution in [2.75, 3.05) is 11.9 Å². The van der Waals surface area contributed by atoms with Gasteiger partial charge in [0.05, 0.1) is 12.0 Å². The zero-order valence-corrected chi connectivity index (χ0v) is 14.5. The maximum absolute atomic E-state index is 11.6. The highest BCUT2D eigenvalue weighted by Crippen LogP contribution is 2.36. The molecule has 1 amide bonds. The minimum absolute atomic E-state index is 0. The summed E-state index contributed by atoms with van der Waals surface area (Å²) in [5.41, 5.74) is 6.76. The molecule has 2 heterocycles. The van der Waals surface area contributed by atoms with Crippen LogP contribution in [0.1, 0.15) is 29.5 Å². The van der Waals surface area contributed by atoms with Gasteiger partial charge in [0, 0.05) is 23.5 Å². The third kappa shape index (κ3) is 3.01. The van der Waals surface area contributed by atoms with Crippen LogP contribution in [0.3, 0.4) is 0 Å². The second kappa shape index (κ2) is 6.87. The highest BCUT2D eigenvalue weighted by molar-refractivity contribution is 6.00. The van der Waals surface area contributed by atoms with Crippen LogP contribution in [0.4, 0.5) is 5.69 Å². The number of allylic oxidation sites excluding steroid dienone is 2. The Morgan fingerprint density at radius 3 is 2.67 bits per heavy atom. The largest absolute Gasteiger partial charge is 0.478 e. The Balaban J connectivity index is 0.00000104. The van der Waals surface area contributed by atoms with Gasteiger partial charge in [-0.1, -0.05) is 0 Å². The fraction of sp³-hybridized carbons (Fsp3) is 0.294. The Bertz CT molecular complexity index is 784. The quantitative estimate of drug-likeness (QED) is 0.711. The molecule has 0 unspecified atom stereocenters. The van der Waals surface area contributed by atoms with Gasteiger partial charge < -0.3 is 15.7 Å². The van der Waals surface area contributed by atoms with Gasteiger partial charge in [-0.2, -0.15) is 0 Å². The lowest BCUT2D eigenvalue weighted by Gasteiger charge is -2.21.